The molecule has 1 aromatic heterocycles. The van der Waals surface area contributed by atoms with E-state index in [2.05, 4.69) is 4.57 Å². The summed E-state index contributed by atoms with van der Waals surface area (Å²) in [4.78, 5) is 23.4. The third-order valence-electron chi connectivity index (χ3n) is 5.45. The number of primary amides is 1. The molecule has 0 fully saturated rings. The first-order valence-corrected chi connectivity index (χ1v) is 10.8. The van der Waals surface area contributed by atoms with Gasteiger partial charge in [0.1, 0.15) is 5.75 Å². The number of benzene rings is 2. The number of nitrogens with two attached hydrogens (primary N) is 1. The molecule has 0 saturated carbocycles. The highest BCUT2D eigenvalue weighted by atomic mass is 16.5. The van der Waals surface area contributed by atoms with Crippen LogP contribution in [-0.4, -0.2) is 34.8 Å². The number of fused-ring (bicyclic) bond motifs is 1. The van der Waals surface area contributed by atoms with Crippen LogP contribution in [0.15, 0.2) is 42.5 Å². The Hall–Kier alpha value is -3.32. The molecule has 1 amide bonds. The first kappa shape index (κ1) is 23.3. The normalized spacial score (nSPS) is 12.0. The number of aromatic nitrogens is 1. The molecule has 32 heavy (non-hydrogen) atoms. The fourth-order valence-electron chi connectivity index (χ4n) is 3.99. The summed E-state index contributed by atoms with van der Waals surface area (Å²) in [6.45, 7) is 6.92. The molecule has 0 bridgehead atoms. The molecule has 3 aromatic rings. The van der Waals surface area contributed by atoms with Gasteiger partial charge in [-0.2, -0.15) is 0 Å². The van der Waals surface area contributed by atoms with E-state index in [-0.39, 0.29) is 12.4 Å². The van der Waals surface area contributed by atoms with Crippen molar-refractivity contribution in [3.8, 4) is 5.75 Å². The molecule has 0 spiro atoms. The molecule has 0 saturated heterocycles. The second-order valence-corrected chi connectivity index (χ2v) is 7.77. The van der Waals surface area contributed by atoms with Gasteiger partial charge in [-0.05, 0) is 50.5 Å². The monoisotopic (exact) mass is 438 g/mol. The lowest BCUT2D eigenvalue weighted by atomic mass is 10.0. The third-order valence-corrected chi connectivity index (χ3v) is 5.45. The summed E-state index contributed by atoms with van der Waals surface area (Å²) in [5, 5.41) is 11.3. The van der Waals surface area contributed by atoms with Crippen molar-refractivity contribution in [1.82, 2.24) is 4.57 Å². The average Bonchev–Trinajstić information content (AvgIpc) is 3.03. The topological polar surface area (TPSA) is 104 Å². The molecule has 0 aliphatic heterocycles. The Bertz CT molecular complexity index is 1100. The van der Waals surface area contributed by atoms with Gasteiger partial charge in [-0.25, -0.2) is 0 Å². The van der Waals surface area contributed by atoms with Crippen molar-refractivity contribution in [1.29, 1.82) is 0 Å². The van der Waals surface area contributed by atoms with Crippen LogP contribution in [0.25, 0.3) is 10.9 Å². The first-order chi connectivity index (χ1) is 15.3. The average molecular weight is 439 g/mol. The lowest BCUT2D eigenvalue weighted by Crippen LogP contribution is -2.21. The van der Waals surface area contributed by atoms with Crippen LogP contribution in [0.5, 0.6) is 5.75 Å². The lowest BCUT2D eigenvalue weighted by Gasteiger charge is -2.12. The van der Waals surface area contributed by atoms with Crippen LogP contribution in [-0.2, 0) is 20.9 Å². The quantitative estimate of drug-likeness (QED) is 0.372. The molecule has 1 unspecified atom stereocenters. The van der Waals surface area contributed by atoms with Gasteiger partial charge in [-0.3, -0.25) is 9.59 Å². The van der Waals surface area contributed by atoms with Crippen LogP contribution >= 0.6 is 0 Å². The molecule has 0 aliphatic carbocycles. The maximum atomic E-state index is 11.8. The number of aliphatic hydroxyl groups is 1. The zero-order valence-corrected chi connectivity index (χ0v) is 18.8. The van der Waals surface area contributed by atoms with Gasteiger partial charge < -0.3 is 24.9 Å². The van der Waals surface area contributed by atoms with Crippen molar-refractivity contribution in [2.24, 2.45) is 5.73 Å². The number of nitrogens with zero attached hydrogens (tertiary/aromatic N) is 1. The molecule has 0 radical (unpaired) electrons. The zero-order valence-electron chi connectivity index (χ0n) is 18.8. The van der Waals surface area contributed by atoms with E-state index in [0.29, 0.717) is 37.5 Å². The van der Waals surface area contributed by atoms with Crippen LogP contribution in [0.1, 0.15) is 48.3 Å². The van der Waals surface area contributed by atoms with Crippen molar-refractivity contribution in [3.63, 3.8) is 0 Å². The highest BCUT2D eigenvalue weighted by molar-refractivity contribution is 5.94. The van der Waals surface area contributed by atoms with Gasteiger partial charge >= 0.3 is 5.97 Å². The molecule has 7 nitrogen and oxygen atoms in total. The summed E-state index contributed by atoms with van der Waals surface area (Å²) < 4.78 is 12.9. The number of rotatable bonds is 10. The standard InChI is InChI=1S/C25H30N2O5/c1-4-31-21(28)11-8-12-32-19-13-16(2)23-20(14-19)22(24(29)25(26)30)17(3)27(23)15-18-9-6-5-7-10-18/h5-7,9-10,13-14,24,29H,4,8,11-12,15H2,1-3H3,(H2,26,30). The minimum atomic E-state index is -1.42. The summed E-state index contributed by atoms with van der Waals surface area (Å²) in [6.07, 6.45) is -0.610. The Labute approximate surface area is 187 Å². The number of hydrogen-bond acceptors (Lipinski definition) is 5. The van der Waals surface area contributed by atoms with E-state index < -0.39 is 12.0 Å². The zero-order chi connectivity index (χ0) is 23.3. The van der Waals surface area contributed by atoms with E-state index in [1.807, 2.05) is 56.3 Å². The molecular weight excluding hydrogens is 408 g/mol. The Kier molecular flexibility index (Phi) is 7.53. The summed E-state index contributed by atoms with van der Waals surface area (Å²) in [7, 11) is 0. The minimum Gasteiger partial charge on any atom is -0.494 e. The van der Waals surface area contributed by atoms with Gasteiger partial charge in [0, 0.05) is 29.6 Å². The van der Waals surface area contributed by atoms with Crippen LogP contribution in [0.4, 0.5) is 0 Å². The molecular formula is C25H30N2O5. The van der Waals surface area contributed by atoms with Gasteiger partial charge in [-0.15, -0.1) is 0 Å². The van der Waals surface area contributed by atoms with Crippen molar-refractivity contribution >= 4 is 22.8 Å². The van der Waals surface area contributed by atoms with Gasteiger partial charge in [0.2, 0.25) is 0 Å². The second-order valence-electron chi connectivity index (χ2n) is 7.77. The van der Waals surface area contributed by atoms with Gasteiger partial charge in [-0.1, -0.05) is 30.3 Å². The number of carbonyl (C=O) groups is 2. The van der Waals surface area contributed by atoms with Gasteiger partial charge in [0.15, 0.2) is 6.10 Å². The predicted molar refractivity (Wildman–Crippen MR) is 122 cm³/mol. The number of aryl methyl sites for hydroxylation is 1. The Morgan fingerprint density at radius 3 is 2.53 bits per heavy atom. The Balaban J connectivity index is 1.96. The Morgan fingerprint density at radius 1 is 1.16 bits per heavy atom. The molecule has 3 rings (SSSR count). The van der Waals surface area contributed by atoms with Crippen molar-refractivity contribution in [2.45, 2.75) is 46.3 Å². The van der Waals surface area contributed by atoms with Gasteiger partial charge in [0.05, 0.1) is 18.7 Å². The van der Waals surface area contributed by atoms with Crippen LogP contribution < -0.4 is 10.5 Å². The predicted octanol–water partition coefficient (Wildman–Crippen LogP) is 3.55. The second kappa shape index (κ2) is 10.3. The van der Waals surface area contributed by atoms with Crippen LogP contribution in [0, 0.1) is 13.8 Å². The lowest BCUT2D eigenvalue weighted by molar-refractivity contribution is -0.143. The highest BCUT2D eigenvalue weighted by Crippen LogP contribution is 2.36. The van der Waals surface area contributed by atoms with E-state index in [1.165, 1.54) is 0 Å². The molecule has 1 heterocycles. The van der Waals surface area contributed by atoms with E-state index in [1.54, 1.807) is 6.92 Å². The number of carbonyl (C=O) groups excluding carboxylic acids is 2. The summed E-state index contributed by atoms with van der Waals surface area (Å²) in [5.74, 6) is -0.442. The van der Waals surface area contributed by atoms with Crippen molar-refractivity contribution < 1.29 is 24.2 Å². The van der Waals surface area contributed by atoms with Crippen LogP contribution in [0.2, 0.25) is 0 Å². The number of ether oxygens (including phenoxy) is 2. The van der Waals surface area contributed by atoms with E-state index in [0.717, 1.165) is 27.7 Å². The van der Waals surface area contributed by atoms with Gasteiger partial charge in [0.25, 0.3) is 5.91 Å². The fraction of sp³-hybridized carbons (Fsp3) is 0.360. The van der Waals surface area contributed by atoms with Crippen molar-refractivity contribution in [2.75, 3.05) is 13.2 Å². The summed E-state index contributed by atoms with van der Waals surface area (Å²) >= 11 is 0. The number of amides is 1. The van der Waals surface area contributed by atoms with Crippen molar-refractivity contribution in [3.05, 3.63) is 64.8 Å². The SMILES string of the molecule is CCOC(=O)CCCOc1cc(C)c2c(c1)c(C(O)C(N)=O)c(C)n2Cc1ccccc1. The molecule has 2 aromatic carbocycles. The largest absolute Gasteiger partial charge is 0.494 e. The third kappa shape index (κ3) is 5.11. The van der Waals surface area contributed by atoms with E-state index >= 15 is 0 Å². The molecule has 1 atom stereocenters. The Morgan fingerprint density at radius 2 is 1.88 bits per heavy atom. The van der Waals surface area contributed by atoms with Crippen LogP contribution in [0.3, 0.4) is 0 Å². The first-order valence-electron chi connectivity index (χ1n) is 10.8. The number of esters is 1. The van der Waals surface area contributed by atoms with E-state index in [4.69, 9.17) is 15.2 Å². The minimum absolute atomic E-state index is 0.247. The maximum Gasteiger partial charge on any atom is 0.305 e. The fourth-order valence-corrected chi connectivity index (χ4v) is 3.99. The summed E-state index contributed by atoms with van der Waals surface area (Å²) in [6, 6.07) is 13.7. The van der Waals surface area contributed by atoms with E-state index in [9.17, 15) is 14.7 Å². The number of hydrogen-bond donors (Lipinski definition) is 2. The molecule has 170 valence electrons. The molecule has 7 heteroatoms. The smallest absolute Gasteiger partial charge is 0.305 e. The number of aliphatic hydroxyl groups excluding tert-OH is 1. The maximum absolute atomic E-state index is 11.8. The highest BCUT2D eigenvalue weighted by Gasteiger charge is 2.25. The molecule has 3 N–H and O–H groups in total. The summed E-state index contributed by atoms with van der Waals surface area (Å²) in [5.41, 5.74) is 9.68. The molecule has 0 aliphatic rings.